The van der Waals surface area contributed by atoms with Crippen molar-refractivity contribution in [3.63, 3.8) is 0 Å². The highest BCUT2D eigenvalue weighted by atomic mass is 16.5. The summed E-state index contributed by atoms with van der Waals surface area (Å²) in [5.74, 6) is 1.17. The molecule has 1 fully saturated rings. The van der Waals surface area contributed by atoms with E-state index in [2.05, 4.69) is 23.8 Å². The van der Waals surface area contributed by atoms with E-state index in [0.29, 0.717) is 30.7 Å². The van der Waals surface area contributed by atoms with Crippen LogP contribution in [0, 0.1) is 12.8 Å². The maximum absolute atomic E-state index is 11.1. The van der Waals surface area contributed by atoms with Crippen molar-refractivity contribution in [2.75, 3.05) is 31.2 Å². The molecule has 2 rings (SSSR count). The minimum Gasteiger partial charge on any atom is -0.480 e. The topological polar surface area (TPSA) is 75.5 Å². The van der Waals surface area contributed by atoms with Crippen molar-refractivity contribution >= 4 is 11.8 Å². The Morgan fingerprint density at radius 3 is 2.86 bits per heavy atom. The normalized spacial score (nSPS) is 18.2. The summed E-state index contributed by atoms with van der Waals surface area (Å²) < 4.78 is 5.41. The summed E-state index contributed by atoms with van der Waals surface area (Å²) >= 11 is 0. The molecule has 6 nitrogen and oxygen atoms in total. The minimum atomic E-state index is -0.849. The van der Waals surface area contributed by atoms with Gasteiger partial charge in [-0.2, -0.15) is 0 Å². The molecule has 1 N–H and O–H groups in total. The fourth-order valence-electron chi connectivity index (χ4n) is 2.56. The molecule has 21 heavy (non-hydrogen) atoms. The third kappa shape index (κ3) is 4.39. The molecular weight excluding hydrogens is 270 g/mol. The summed E-state index contributed by atoms with van der Waals surface area (Å²) in [6.07, 6.45) is 0.957. The van der Waals surface area contributed by atoms with Crippen molar-refractivity contribution in [1.82, 2.24) is 9.97 Å². The molecule has 0 saturated carbocycles. The molecule has 2 heterocycles. The van der Waals surface area contributed by atoms with Crippen LogP contribution in [-0.4, -0.2) is 47.3 Å². The molecule has 1 aliphatic heterocycles. The van der Waals surface area contributed by atoms with E-state index < -0.39 is 5.97 Å². The first-order valence-electron chi connectivity index (χ1n) is 7.35. The minimum absolute atomic E-state index is 0.0464. The Kier molecular flexibility index (Phi) is 5.12. The van der Waals surface area contributed by atoms with E-state index in [0.717, 1.165) is 18.7 Å². The number of nitrogens with zero attached hydrogens (tertiary/aromatic N) is 3. The van der Waals surface area contributed by atoms with Crippen LogP contribution in [0.5, 0.6) is 0 Å². The lowest BCUT2D eigenvalue weighted by Crippen LogP contribution is -2.34. The van der Waals surface area contributed by atoms with Crippen LogP contribution >= 0.6 is 0 Å². The molecule has 1 atom stereocenters. The van der Waals surface area contributed by atoms with Gasteiger partial charge in [0.2, 0.25) is 0 Å². The van der Waals surface area contributed by atoms with Crippen molar-refractivity contribution in [3.05, 3.63) is 17.6 Å². The molecule has 0 radical (unpaired) electrons. The summed E-state index contributed by atoms with van der Waals surface area (Å²) in [6, 6.07) is 1.91. The lowest BCUT2D eigenvalue weighted by Gasteiger charge is -2.24. The third-order valence-corrected chi connectivity index (χ3v) is 3.43. The largest absolute Gasteiger partial charge is 0.480 e. The van der Waals surface area contributed by atoms with Crippen molar-refractivity contribution in [2.45, 2.75) is 33.1 Å². The Hall–Kier alpha value is -1.69. The molecule has 6 heteroatoms. The molecule has 1 saturated heterocycles. The molecule has 0 spiro atoms. The predicted octanol–water partition coefficient (Wildman–Crippen LogP) is 1.84. The number of hydrogen-bond donors (Lipinski definition) is 1. The van der Waals surface area contributed by atoms with Crippen LogP contribution in [0.3, 0.4) is 0 Å². The second kappa shape index (κ2) is 6.85. The monoisotopic (exact) mass is 293 g/mol. The van der Waals surface area contributed by atoms with Crippen LogP contribution in [0.25, 0.3) is 0 Å². The number of rotatable bonds is 6. The van der Waals surface area contributed by atoms with E-state index in [1.165, 1.54) is 0 Å². The van der Waals surface area contributed by atoms with Gasteiger partial charge in [-0.1, -0.05) is 13.8 Å². The second-order valence-electron chi connectivity index (χ2n) is 5.93. The number of carboxylic acid groups (broad SMARTS) is 1. The lowest BCUT2D eigenvalue weighted by molar-refractivity contribution is -0.135. The third-order valence-electron chi connectivity index (χ3n) is 3.43. The van der Waals surface area contributed by atoms with Gasteiger partial charge in [0.15, 0.2) is 0 Å². The van der Waals surface area contributed by atoms with Crippen LogP contribution < -0.4 is 4.90 Å². The van der Waals surface area contributed by atoms with Crippen molar-refractivity contribution < 1.29 is 14.6 Å². The molecule has 0 amide bonds. The average molecular weight is 293 g/mol. The summed E-state index contributed by atoms with van der Waals surface area (Å²) in [5, 5.41) is 9.10. The maximum Gasteiger partial charge on any atom is 0.323 e. The molecule has 1 aromatic rings. The first-order chi connectivity index (χ1) is 9.95. The summed E-state index contributed by atoms with van der Waals surface area (Å²) in [7, 11) is 0. The molecule has 1 aromatic heterocycles. The van der Waals surface area contributed by atoms with Gasteiger partial charge in [-0.15, -0.1) is 0 Å². The number of anilines is 1. The highest BCUT2D eigenvalue weighted by molar-refractivity contribution is 5.73. The number of aromatic nitrogens is 2. The Morgan fingerprint density at radius 1 is 1.52 bits per heavy atom. The van der Waals surface area contributed by atoms with E-state index in [1.54, 1.807) is 4.90 Å². The van der Waals surface area contributed by atoms with Crippen molar-refractivity contribution in [3.8, 4) is 0 Å². The Balaban J connectivity index is 2.27. The van der Waals surface area contributed by atoms with Crippen LogP contribution in [0.2, 0.25) is 0 Å². The molecule has 0 bridgehead atoms. The van der Waals surface area contributed by atoms with Gasteiger partial charge in [-0.25, -0.2) is 9.97 Å². The summed E-state index contributed by atoms with van der Waals surface area (Å²) in [5.41, 5.74) is 0.953. The first-order valence-corrected chi connectivity index (χ1v) is 7.35. The van der Waals surface area contributed by atoms with E-state index in [9.17, 15) is 4.79 Å². The SMILES string of the molecule is Cc1nc([C@@H]2CCOC2)cc(N(CC(=O)O)CC(C)C)n1. The summed E-state index contributed by atoms with van der Waals surface area (Å²) in [4.78, 5) is 21.8. The molecule has 1 aliphatic rings. The average Bonchev–Trinajstić information content (AvgIpc) is 2.90. The van der Waals surface area contributed by atoms with Gasteiger partial charge in [0.25, 0.3) is 0 Å². The number of carboxylic acids is 1. The van der Waals surface area contributed by atoms with Gasteiger partial charge < -0.3 is 14.7 Å². The van der Waals surface area contributed by atoms with E-state index in [4.69, 9.17) is 9.84 Å². The number of hydrogen-bond acceptors (Lipinski definition) is 5. The van der Waals surface area contributed by atoms with E-state index in [1.807, 2.05) is 13.0 Å². The highest BCUT2D eigenvalue weighted by Crippen LogP contribution is 2.26. The lowest BCUT2D eigenvalue weighted by atomic mass is 10.0. The Morgan fingerprint density at radius 2 is 2.29 bits per heavy atom. The molecule has 116 valence electrons. The number of ether oxygens (including phenoxy) is 1. The van der Waals surface area contributed by atoms with Crippen LogP contribution in [0.4, 0.5) is 5.82 Å². The molecule has 0 aliphatic carbocycles. The summed E-state index contributed by atoms with van der Waals surface area (Å²) in [6.45, 7) is 8.02. The Bertz CT molecular complexity index is 499. The second-order valence-corrected chi connectivity index (χ2v) is 5.93. The van der Waals surface area contributed by atoms with Gasteiger partial charge in [-0.05, 0) is 19.3 Å². The zero-order chi connectivity index (χ0) is 15.4. The van der Waals surface area contributed by atoms with Gasteiger partial charge in [0.1, 0.15) is 18.2 Å². The quantitative estimate of drug-likeness (QED) is 0.862. The maximum atomic E-state index is 11.1. The van der Waals surface area contributed by atoms with Crippen LogP contribution in [0.1, 0.15) is 37.7 Å². The zero-order valence-corrected chi connectivity index (χ0v) is 12.9. The van der Waals surface area contributed by atoms with E-state index >= 15 is 0 Å². The first kappa shape index (κ1) is 15.7. The number of aryl methyl sites for hydroxylation is 1. The van der Waals surface area contributed by atoms with Gasteiger partial charge in [0, 0.05) is 25.1 Å². The highest BCUT2D eigenvalue weighted by Gasteiger charge is 2.22. The number of carbonyl (C=O) groups is 1. The molecular formula is C15H23N3O3. The smallest absolute Gasteiger partial charge is 0.323 e. The molecule has 0 aromatic carbocycles. The standard InChI is InChI=1S/C15H23N3O3/c1-10(2)7-18(8-15(19)20)14-6-13(16-11(3)17-14)12-4-5-21-9-12/h6,10,12H,4-5,7-9H2,1-3H3,(H,19,20)/t12-/m1/s1. The van der Waals surface area contributed by atoms with Crippen molar-refractivity contribution in [2.24, 2.45) is 5.92 Å². The Labute approximate surface area is 125 Å². The van der Waals surface area contributed by atoms with Crippen LogP contribution in [-0.2, 0) is 9.53 Å². The van der Waals surface area contributed by atoms with Crippen LogP contribution in [0.15, 0.2) is 6.07 Å². The van der Waals surface area contributed by atoms with Gasteiger partial charge >= 0.3 is 5.97 Å². The van der Waals surface area contributed by atoms with Gasteiger partial charge in [0.05, 0.1) is 12.3 Å². The number of aliphatic carboxylic acids is 1. The fraction of sp³-hybridized carbons (Fsp3) is 0.667. The fourth-order valence-corrected chi connectivity index (χ4v) is 2.56. The van der Waals surface area contributed by atoms with E-state index in [-0.39, 0.29) is 12.5 Å². The predicted molar refractivity (Wildman–Crippen MR) is 79.6 cm³/mol. The van der Waals surface area contributed by atoms with Crippen molar-refractivity contribution in [1.29, 1.82) is 0 Å². The van der Waals surface area contributed by atoms with Gasteiger partial charge in [-0.3, -0.25) is 4.79 Å². The molecule has 0 unspecified atom stereocenters. The zero-order valence-electron chi connectivity index (χ0n) is 12.9.